The highest BCUT2D eigenvalue weighted by atomic mass is 35.5. The summed E-state index contributed by atoms with van der Waals surface area (Å²) in [6, 6.07) is 1.25. The van der Waals surface area contributed by atoms with Gasteiger partial charge in [0.25, 0.3) is 0 Å². The summed E-state index contributed by atoms with van der Waals surface area (Å²) in [6.07, 6.45) is 0.649. The molecule has 1 aromatic rings. The predicted molar refractivity (Wildman–Crippen MR) is 53.8 cm³/mol. The molecule has 2 rings (SSSR count). The molecule has 82 valence electrons. The average Bonchev–Trinajstić information content (AvgIpc) is 2.16. The van der Waals surface area contributed by atoms with Crippen molar-refractivity contribution in [1.82, 2.24) is 10.3 Å². The van der Waals surface area contributed by atoms with Crippen LogP contribution >= 0.6 is 12.4 Å². The molecule has 1 aliphatic rings. The Morgan fingerprint density at radius 1 is 1.60 bits per heavy atom. The Labute approximate surface area is 91.9 Å². The second-order valence-electron chi connectivity index (χ2n) is 3.16. The van der Waals surface area contributed by atoms with Crippen molar-refractivity contribution in [3.63, 3.8) is 0 Å². The topological polar surface area (TPSA) is 62.2 Å². The molecule has 2 N–H and O–H groups in total. The molecule has 0 atom stereocenters. The second-order valence-corrected chi connectivity index (χ2v) is 3.16. The third kappa shape index (κ3) is 2.24. The van der Waals surface area contributed by atoms with Gasteiger partial charge < -0.3 is 10.4 Å². The molecular formula is C9H10ClFN2O2. The third-order valence-electron chi connectivity index (χ3n) is 2.20. The van der Waals surface area contributed by atoms with E-state index in [1.807, 2.05) is 0 Å². The highest BCUT2D eigenvalue weighted by Crippen LogP contribution is 2.15. The van der Waals surface area contributed by atoms with Gasteiger partial charge in [-0.3, -0.25) is 0 Å². The van der Waals surface area contributed by atoms with Crippen LogP contribution in [0.5, 0.6) is 0 Å². The van der Waals surface area contributed by atoms with Gasteiger partial charge in [-0.1, -0.05) is 0 Å². The number of carboxylic acid groups (broad SMARTS) is 1. The van der Waals surface area contributed by atoms with E-state index in [-0.39, 0.29) is 12.4 Å². The lowest BCUT2D eigenvalue weighted by Gasteiger charge is -2.16. The van der Waals surface area contributed by atoms with Crippen molar-refractivity contribution in [2.45, 2.75) is 13.0 Å². The zero-order valence-corrected chi connectivity index (χ0v) is 8.60. The molecule has 0 aliphatic carbocycles. The predicted octanol–water partition coefficient (Wildman–Crippen LogP) is 0.986. The number of aromatic carboxylic acids is 1. The van der Waals surface area contributed by atoms with Crippen molar-refractivity contribution in [2.24, 2.45) is 0 Å². The van der Waals surface area contributed by atoms with Crippen LogP contribution in [0, 0.1) is 5.82 Å². The Kier molecular flexibility index (Phi) is 3.60. The smallest absolute Gasteiger partial charge is 0.357 e. The molecule has 15 heavy (non-hydrogen) atoms. The molecule has 0 unspecified atom stereocenters. The van der Waals surface area contributed by atoms with Gasteiger partial charge in [-0.2, -0.15) is 0 Å². The van der Waals surface area contributed by atoms with Crippen LogP contribution in [0.25, 0.3) is 0 Å². The van der Waals surface area contributed by atoms with Crippen molar-refractivity contribution in [2.75, 3.05) is 6.54 Å². The van der Waals surface area contributed by atoms with Crippen molar-refractivity contribution in [3.8, 4) is 0 Å². The monoisotopic (exact) mass is 232 g/mol. The summed E-state index contributed by atoms with van der Waals surface area (Å²) in [5.74, 6) is -2.08. The number of rotatable bonds is 1. The molecule has 4 nitrogen and oxygen atoms in total. The minimum atomic E-state index is -1.32. The summed E-state index contributed by atoms with van der Waals surface area (Å²) in [7, 11) is 0. The van der Waals surface area contributed by atoms with Gasteiger partial charge in [-0.05, 0) is 11.6 Å². The largest absolute Gasteiger partial charge is 0.476 e. The number of carbonyl (C=O) groups is 1. The molecule has 6 heteroatoms. The maximum atomic E-state index is 13.2. The Bertz CT molecular complexity index is 398. The van der Waals surface area contributed by atoms with Crippen LogP contribution in [-0.2, 0) is 13.0 Å². The number of fused-ring (bicyclic) bond motifs is 1. The fourth-order valence-corrected chi connectivity index (χ4v) is 1.51. The molecule has 0 saturated carbocycles. The molecule has 2 heterocycles. The van der Waals surface area contributed by atoms with Gasteiger partial charge in [0.1, 0.15) is 0 Å². The van der Waals surface area contributed by atoms with Crippen LogP contribution in [-0.4, -0.2) is 22.6 Å². The van der Waals surface area contributed by atoms with Gasteiger partial charge in [0, 0.05) is 25.2 Å². The first kappa shape index (κ1) is 11.9. The fourth-order valence-electron chi connectivity index (χ4n) is 1.51. The van der Waals surface area contributed by atoms with E-state index in [0.717, 1.165) is 12.1 Å². The SMILES string of the molecule is Cl.O=C(O)c1nc2c(cc1F)CNCC2. The third-order valence-corrected chi connectivity index (χ3v) is 2.20. The minimum Gasteiger partial charge on any atom is -0.476 e. The number of nitrogens with zero attached hydrogens (tertiary/aromatic N) is 1. The van der Waals surface area contributed by atoms with E-state index >= 15 is 0 Å². The lowest BCUT2D eigenvalue weighted by molar-refractivity contribution is 0.0684. The molecule has 0 fully saturated rings. The van der Waals surface area contributed by atoms with Crippen molar-refractivity contribution < 1.29 is 14.3 Å². The van der Waals surface area contributed by atoms with Crippen molar-refractivity contribution in [3.05, 3.63) is 28.8 Å². The number of carboxylic acids is 1. The Hall–Kier alpha value is -1.20. The van der Waals surface area contributed by atoms with Crippen LogP contribution in [0.3, 0.4) is 0 Å². The normalized spacial score (nSPS) is 13.9. The molecular weight excluding hydrogens is 223 g/mol. The average molecular weight is 233 g/mol. The first-order chi connectivity index (χ1) is 6.68. The lowest BCUT2D eigenvalue weighted by atomic mass is 10.1. The quantitative estimate of drug-likeness (QED) is 0.758. The van der Waals surface area contributed by atoms with E-state index < -0.39 is 17.5 Å². The number of hydrogen-bond acceptors (Lipinski definition) is 3. The van der Waals surface area contributed by atoms with E-state index in [1.54, 1.807) is 0 Å². The van der Waals surface area contributed by atoms with Gasteiger partial charge in [0.2, 0.25) is 0 Å². The van der Waals surface area contributed by atoms with Gasteiger partial charge in [-0.15, -0.1) is 12.4 Å². The Morgan fingerprint density at radius 2 is 2.33 bits per heavy atom. The van der Waals surface area contributed by atoms with Gasteiger partial charge >= 0.3 is 5.97 Å². The zero-order chi connectivity index (χ0) is 10.1. The molecule has 1 aliphatic heterocycles. The van der Waals surface area contributed by atoms with Crippen LogP contribution in [0.4, 0.5) is 4.39 Å². The molecule has 0 aromatic carbocycles. The number of nitrogens with one attached hydrogen (secondary N) is 1. The fraction of sp³-hybridized carbons (Fsp3) is 0.333. The van der Waals surface area contributed by atoms with Crippen molar-refractivity contribution >= 4 is 18.4 Å². The molecule has 0 radical (unpaired) electrons. The van der Waals surface area contributed by atoms with Crippen LogP contribution in [0.15, 0.2) is 6.07 Å². The van der Waals surface area contributed by atoms with E-state index in [0.29, 0.717) is 18.7 Å². The Morgan fingerprint density at radius 3 is 3.00 bits per heavy atom. The van der Waals surface area contributed by atoms with Gasteiger partial charge in [0.05, 0.1) is 0 Å². The van der Waals surface area contributed by atoms with E-state index in [2.05, 4.69) is 10.3 Å². The summed E-state index contributed by atoms with van der Waals surface area (Å²) in [4.78, 5) is 14.4. The molecule has 0 saturated heterocycles. The summed E-state index contributed by atoms with van der Waals surface area (Å²) in [5, 5.41) is 11.7. The number of halogens is 2. The Balaban J connectivity index is 0.00000112. The van der Waals surface area contributed by atoms with E-state index in [4.69, 9.17) is 5.11 Å². The lowest BCUT2D eigenvalue weighted by Crippen LogP contribution is -2.25. The van der Waals surface area contributed by atoms with Crippen LogP contribution < -0.4 is 5.32 Å². The van der Waals surface area contributed by atoms with E-state index in [9.17, 15) is 9.18 Å². The molecule has 0 spiro atoms. The maximum absolute atomic E-state index is 13.2. The number of pyridine rings is 1. The summed E-state index contributed by atoms with van der Waals surface area (Å²) in [6.45, 7) is 1.31. The number of aromatic nitrogens is 1. The van der Waals surface area contributed by atoms with Gasteiger partial charge in [-0.25, -0.2) is 14.2 Å². The van der Waals surface area contributed by atoms with Crippen molar-refractivity contribution in [1.29, 1.82) is 0 Å². The zero-order valence-electron chi connectivity index (χ0n) is 7.79. The second kappa shape index (κ2) is 4.55. The standard InChI is InChI=1S/C9H9FN2O2.ClH/c10-6-3-5-4-11-2-1-7(5)12-8(6)9(13)14;/h3,11H,1-2,4H2,(H,13,14);1H. The summed E-state index contributed by atoms with van der Waals surface area (Å²) >= 11 is 0. The summed E-state index contributed by atoms with van der Waals surface area (Å²) in [5.41, 5.74) is 0.951. The summed E-state index contributed by atoms with van der Waals surface area (Å²) < 4.78 is 13.2. The van der Waals surface area contributed by atoms with Crippen LogP contribution in [0.1, 0.15) is 21.7 Å². The highest BCUT2D eigenvalue weighted by molar-refractivity contribution is 5.86. The molecule has 0 amide bonds. The minimum absolute atomic E-state index is 0. The van der Waals surface area contributed by atoms with E-state index in [1.165, 1.54) is 6.07 Å². The molecule has 0 bridgehead atoms. The first-order valence-electron chi connectivity index (χ1n) is 4.31. The number of hydrogen-bond donors (Lipinski definition) is 2. The van der Waals surface area contributed by atoms with Crippen LogP contribution in [0.2, 0.25) is 0 Å². The molecule has 1 aromatic heterocycles. The first-order valence-corrected chi connectivity index (χ1v) is 4.31. The van der Waals surface area contributed by atoms with Gasteiger partial charge in [0.15, 0.2) is 11.5 Å². The maximum Gasteiger partial charge on any atom is 0.357 e. The highest BCUT2D eigenvalue weighted by Gasteiger charge is 2.18.